The maximum Gasteiger partial charge on any atom is 0.143 e. The summed E-state index contributed by atoms with van der Waals surface area (Å²) in [6.45, 7) is 0. The number of hydrogen-bond acceptors (Lipinski definition) is 4. The van der Waals surface area contributed by atoms with Crippen LogP contribution in [0.25, 0.3) is 97.4 Å². The summed E-state index contributed by atoms with van der Waals surface area (Å²) in [7, 11) is 0. The lowest BCUT2D eigenvalue weighted by molar-refractivity contribution is 0.669. The fourth-order valence-corrected chi connectivity index (χ4v) is 9.82. The number of nitrogens with zero attached hydrogens (tertiary/aromatic N) is 1. The molecular weight excluding hydrogens is 727 g/mol. The lowest BCUT2D eigenvalue weighted by Gasteiger charge is -2.27. The third-order valence-corrected chi connectivity index (χ3v) is 12.6. The molecule has 0 spiro atoms. The molecule has 0 saturated carbocycles. The standard InChI is InChI=1S/C54H33NO2S/c1-4-22-49-43(15-1)46-20-9-18-41(53(46)56-49)36-11-7-13-39(31-36)55(38-28-25-34(26-29-38)35-27-30-52-48(33-35)45-17-3-6-24-51(45)58-52)40-14-8-12-37(32-40)42-19-10-21-47-44-16-2-5-23-50(44)57-54(42)47/h1-33H. The summed E-state index contributed by atoms with van der Waals surface area (Å²) in [4.78, 5) is 2.35. The zero-order valence-electron chi connectivity index (χ0n) is 31.2. The number of fused-ring (bicyclic) bond motifs is 9. The van der Waals surface area contributed by atoms with Crippen LogP contribution in [0.2, 0.25) is 0 Å². The van der Waals surface area contributed by atoms with Gasteiger partial charge in [-0.2, -0.15) is 0 Å². The third-order valence-electron chi connectivity index (χ3n) is 11.5. The molecule has 12 aromatic rings. The topological polar surface area (TPSA) is 29.5 Å². The highest BCUT2D eigenvalue weighted by molar-refractivity contribution is 7.25. The number of benzene rings is 9. The van der Waals surface area contributed by atoms with Crippen LogP contribution in [0.5, 0.6) is 0 Å². The summed E-state index contributed by atoms with van der Waals surface area (Å²) in [5.41, 5.74) is 13.4. The van der Waals surface area contributed by atoms with Gasteiger partial charge in [-0.25, -0.2) is 0 Å². The van der Waals surface area contributed by atoms with Crippen molar-refractivity contribution in [2.24, 2.45) is 0 Å². The highest BCUT2D eigenvalue weighted by Gasteiger charge is 2.19. The minimum atomic E-state index is 0.894. The van der Waals surface area contributed by atoms with Gasteiger partial charge in [-0.15, -0.1) is 11.3 Å². The van der Waals surface area contributed by atoms with Crippen LogP contribution < -0.4 is 4.90 Å². The van der Waals surface area contributed by atoms with E-state index in [0.29, 0.717) is 0 Å². The minimum Gasteiger partial charge on any atom is -0.455 e. The van der Waals surface area contributed by atoms with Gasteiger partial charge in [0.2, 0.25) is 0 Å². The molecule has 272 valence electrons. The van der Waals surface area contributed by atoms with Crippen molar-refractivity contribution in [1.82, 2.24) is 0 Å². The van der Waals surface area contributed by atoms with Crippen LogP contribution in [0.3, 0.4) is 0 Å². The average Bonchev–Trinajstić information content (AvgIpc) is 3.98. The van der Waals surface area contributed by atoms with E-state index in [1.807, 2.05) is 35.6 Å². The van der Waals surface area contributed by atoms with Gasteiger partial charge in [0.1, 0.15) is 22.3 Å². The van der Waals surface area contributed by atoms with Gasteiger partial charge >= 0.3 is 0 Å². The Morgan fingerprint density at radius 1 is 0.310 bits per heavy atom. The quantitative estimate of drug-likeness (QED) is 0.169. The van der Waals surface area contributed by atoms with E-state index in [-0.39, 0.29) is 0 Å². The smallest absolute Gasteiger partial charge is 0.143 e. The molecule has 3 heterocycles. The van der Waals surface area contributed by atoms with Crippen molar-refractivity contribution in [2.45, 2.75) is 0 Å². The van der Waals surface area contributed by atoms with E-state index in [0.717, 1.165) is 83.2 Å². The van der Waals surface area contributed by atoms with E-state index in [1.165, 1.54) is 31.3 Å². The Hall–Kier alpha value is -7.40. The number of para-hydroxylation sites is 4. The summed E-state index contributed by atoms with van der Waals surface area (Å²) in [5, 5.41) is 7.10. The Balaban J connectivity index is 1.00. The van der Waals surface area contributed by atoms with Crippen LogP contribution in [0.4, 0.5) is 17.1 Å². The van der Waals surface area contributed by atoms with Crippen molar-refractivity contribution in [3.05, 3.63) is 200 Å². The van der Waals surface area contributed by atoms with E-state index in [9.17, 15) is 0 Å². The Bertz CT molecular complexity index is 3380. The molecule has 0 aliphatic carbocycles. The summed E-state index contributed by atoms with van der Waals surface area (Å²) in [6.07, 6.45) is 0. The first-order valence-corrected chi connectivity index (χ1v) is 20.4. The largest absolute Gasteiger partial charge is 0.455 e. The van der Waals surface area contributed by atoms with Gasteiger partial charge in [-0.05, 0) is 89.0 Å². The first kappa shape index (κ1) is 32.8. The number of anilines is 3. The predicted molar refractivity (Wildman–Crippen MR) is 245 cm³/mol. The molecule has 0 aliphatic heterocycles. The van der Waals surface area contributed by atoms with Crippen LogP contribution in [0.1, 0.15) is 0 Å². The summed E-state index contributed by atoms with van der Waals surface area (Å²) in [5.74, 6) is 0. The first-order valence-electron chi connectivity index (χ1n) is 19.6. The molecular formula is C54H33NO2S. The lowest BCUT2D eigenvalue weighted by atomic mass is 9.99. The minimum absolute atomic E-state index is 0.894. The Morgan fingerprint density at radius 3 is 1.43 bits per heavy atom. The maximum atomic E-state index is 6.51. The highest BCUT2D eigenvalue weighted by atomic mass is 32.1. The van der Waals surface area contributed by atoms with Crippen LogP contribution in [-0.4, -0.2) is 0 Å². The second-order valence-electron chi connectivity index (χ2n) is 14.9. The molecule has 3 aromatic heterocycles. The Kier molecular flexibility index (Phi) is 7.40. The second-order valence-corrected chi connectivity index (χ2v) is 15.9. The van der Waals surface area contributed by atoms with Gasteiger partial charge in [0.05, 0.1) is 0 Å². The van der Waals surface area contributed by atoms with E-state index in [4.69, 9.17) is 8.83 Å². The maximum absolute atomic E-state index is 6.51. The van der Waals surface area contributed by atoms with Gasteiger partial charge in [0.15, 0.2) is 0 Å². The molecule has 0 bridgehead atoms. The Morgan fingerprint density at radius 2 is 0.810 bits per heavy atom. The monoisotopic (exact) mass is 759 g/mol. The molecule has 9 aromatic carbocycles. The lowest BCUT2D eigenvalue weighted by Crippen LogP contribution is -2.10. The van der Waals surface area contributed by atoms with Gasteiger partial charge in [0, 0.05) is 69.9 Å². The van der Waals surface area contributed by atoms with Crippen molar-refractivity contribution in [3.8, 4) is 33.4 Å². The number of hydrogen-bond donors (Lipinski definition) is 0. The van der Waals surface area contributed by atoms with Gasteiger partial charge in [-0.3, -0.25) is 0 Å². The Labute approximate surface area is 338 Å². The molecule has 0 aliphatic rings. The zero-order chi connectivity index (χ0) is 38.2. The van der Waals surface area contributed by atoms with E-state index >= 15 is 0 Å². The van der Waals surface area contributed by atoms with E-state index in [2.05, 4.69) is 181 Å². The second kappa shape index (κ2) is 13.1. The van der Waals surface area contributed by atoms with Gasteiger partial charge in [-0.1, -0.05) is 133 Å². The van der Waals surface area contributed by atoms with Crippen LogP contribution in [0, 0.1) is 0 Å². The van der Waals surface area contributed by atoms with Gasteiger partial charge in [0.25, 0.3) is 0 Å². The average molecular weight is 760 g/mol. The summed E-state index contributed by atoms with van der Waals surface area (Å²) >= 11 is 1.85. The fraction of sp³-hybridized carbons (Fsp3) is 0. The molecule has 3 nitrogen and oxygen atoms in total. The van der Waals surface area contributed by atoms with Crippen LogP contribution in [-0.2, 0) is 0 Å². The molecule has 0 fully saturated rings. The SMILES string of the molecule is c1cc(-c2cccc3c2oc2ccccc23)cc(N(c2ccc(-c3ccc4sc5ccccc5c4c3)cc2)c2cccc(-c3cccc4c3oc3ccccc34)c2)c1. The third kappa shape index (κ3) is 5.27. The number of rotatable bonds is 6. The first-order chi connectivity index (χ1) is 28.7. The van der Waals surface area contributed by atoms with Crippen molar-refractivity contribution in [1.29, 1.82) is 0 Å². The molecule has 0 amide bonds. The molecule has 0 atom stereocenters. The summed E-state index contributed by atoms with van der Waals surface area (Å²) < 4.78 is 15.6. The van der Waals surface area contributed by atoms with E-state index < -0.39 is 0 Å². The molecule has 0 radical (unpaired) electrons. The predicted octanol–water partition coefficient (Wildman–Crippen LogP) is 16.3. The van der Waals surface area contributed by atoms with Crippen molar-refractivity contribution < 1.29 is 8.83 Å². The van der Waals surface area contributed by atoms with Crippen molar-refractivity contribution in [3.63, 3.8) is 0 Å². The molecule has 0 saturated heterocycles. The highest BCUT2D eigenvalue weighted by Crippen LogP contribution is 2.43. The van der Waals surface area contributed by atoms with Crippen molar-refractivity contribution >= 4 is 92.4 Å². The van der Waals surface area contributed by atoms with Gasteiger partial charge < -0.3 is 13.7 Å². The molecule has 4 heteroatoms. The molecule has 0 unspecified atom stereocenters. The summed E-state index contributed by atoms with van der Waals surface area (Å²) in [6, 6.07) is 71.5. The normalized spacial score (nSPS) is 11.8. The zero-order valence-corrected chi connectivity index (χ0v) is 32.0. The molecule has 58 heavy (non-hydrogen) atoms. The number of furan rings is 2. The van der Waals surface area contributed by atoms with E-state index in [1.54, 1.807) is 0 Å². The van der Waals surface area contributed by atoms with Crippen LogP contribution in [0.15, 0.2) is 209 Å². The van der Waals surface area contributed by atoms with Crippen molar-refractivity contribution in [2.75, 3.05) is 4.90 Å². The number of thiophene rings is 1. The molecule has 0 N–H and O–H groups in total. The van der Waals surface area contributed by atoms with Crippen LogP contribution >= 0.6 is 11.3 Å². The molecule has 12 rings (SSSR count). The fourth-order valence-electron chi connectivity index (χ4n) is 8.73.